The van der Waals surface area contributed by atoms with E-state index in [1.807, 2.05) is 29.7 Å². The number of alkyl halides is 1. The Kier molecular flexibility index (Phi) is 2.18. The standard InChI is InChI=1S/C9H8Cl2N2/c1-6-8(4-10)12-9-3-2-7(11)5-13(6)9/h2-3,5H,4H2,1H3. The lowest BCUT2D eigenvalue weighted by molar-refractivity contribution is 1.09. The molecule has 0 aromatic carbocycles. The third-order valence-corrected chi connectivity index (χ3v) is 2.52. The van der Waals surface area contributed by atoms with Gasteiger partial charge in [-0.1, -0.05) is 11.6 Å². The third kappa shape index (κ3) is 1.40. The van der Waals surface area contributed by atoms with E-state index in [1.54, 1.807) is 0 Å². The molecule has 0 amide bonds. The smallest absolute Gasteiger partial charge is 0.137 e. The van der Waals surface area contributed by atoms with Crippen LogP contribution in [0.3, 0.4) is 0 Å². The maximum atomic E-state index is 5.86. The molecule has 0 saturated carbocycles. The molecule has 4 heteroatoms. The molecule has 0 N–H and O–H groups in total. The molecular weight excluding hydrogens is 207 g/mol. The van der Waals surface area contributed by atoms with Crippen LogP contribution < -0.4 is 0 Å². The summed E-state index contributed by atoms with van der Waals surface area (Å²) in [5, 5.41) is 0.703. The maximum Gasteiger partial charge on any atom is 0.137 e. The van der Waals surface area contributed by atoms with Crippen LogP contribution in [-0.2, 0) is 5.88 Å². The third-order valence-electron chi connectivity index (χ3n) is 2.05. The fourth-order valence-corrected chi connectivity index (χ4v) is 1.73. The van der Waals surface area contributed by atoms with E-state index < -0.39 is 0 Å². The average Bonchev–Trinajstić information content (AvgIpc) is 2.44. The highest BCUT2D eigenvalue weighted by atomic mass is 35.5. The molecule has 0 spiro atoms. The normalized spacial score (nSPS) is 11.0. The molecule has 0 unspecified atom stereocenters. The van der Waals surface area contributed by atoms with Crippen molar-refractivity contribution in [2.75, 3.05) is 0 Å². The van der Waals surface area contributed by atoms with E-state index in [2.05, 4.69) is 4.98 Å². The van der Waals surface area contributed by atoms with Gasteiger partial charge in [-0.3, -0.25) is 0 Å². The number of aryl methyl sites for hydroxylation is 1. The van der Waals surface area contributed by atoms with Crippen LogP contribution in [0.25, 0.3) is 5.65 Å². The summed E-state index contributed by atoms with van der Waals surface area (Å²) in [4.78, 5) is 4.34. The molecule has 2 aromatic rings. The SMILES string of the molecule is Cc1c(CCl)nc2ccc(Cl)cn12. The highest BCUT2D eigenvalue weighted by Gasteiger charge is 2.06. The van der Waals surface area contributed by atoms with Gasteiger partial charge in [0.1, 0.15) is 5.65 Å². The molecule has 0 radical (unpaired) electrons. The average molecular weight is 215 g/mol. The first-order chi connectivity index (χ1) is 6.22. The predicted octanol–water partition coefficient (Wildman–Crippen LogP) is 3.03. The first-order valence-corrected chi connectivity index (χ1v) is 4.82. The second kappa shape index (κ2) is 3.20. The lowest BCUT2D eigenvalue weighted by Crippen LogP contribution is -1.87. The molecule has 0 aliphatic carbocycles. The molecule has 2 nitrogen and oxygen atoms in total. The monoisotopic (exact) mass is 214 g/mol. The van der Waals surface area contributed by atoms with Crippen molar-refractivity contribution in [2.45, 2.75) is 12.8 Å². The van der Waals surface area contributed by atoms with Crippen molar-refractivity contribution in [1.82, 2.24) is 9.38 Å². The molecule has 0 saturated heterocycles. The van der Waals surface area contributed by atoms with Gasteiger partial charge in [0.2, 0.25) is 0 Å². The Morgan fingerprint density at radius 3 is 2.92 bits per heavy atom. The van der Waals surface area contributed by atoms with Crippen molar-refractivity contribution in [1.29, 1.82) is 0 Å². The van der Waals surface area contributed by atoms with E-state index in [0.717, 1.165) is 17.0 Å². The fraction of sp³-hybridized carbons (Fsp3) is 0.222. The van der Waals surface area contributed by atoms with Crippen LogP contribution in [0.5, 0.6) is 0 Å². The van der Waals surface area contributed by atoms with E-state index in [9.17, 15) is 0 Å². The summed E-state index contributed by atoms with van der Waals surface area (Å²) >= 11 is 11.6. The van der Waals surface area contributed by atoms with Crippen molar-refractivity contribution < 1.29 is 0 Å². The van der Waals surface area contributed by atoms with Crippen LogP contribution in [0.1, 0.15) is 11.4 Å². The summed E-state index contributed by atoms with van der Waals surface area (Å²) in [5.41, 5.74) is 2.84. The number of hydrogen-bond acceptors (Lipinski definition) is 1. The Labute approximate surface area is 86.1 Å². The second-order valence-electron chi connectivity index (χ2n) is 2.85. The Morgan fingerprint density at radius 1 is 1.46 bits per heavy atom. The van der Waals surface area contributed by atoms with Crippen molar-refractivity contribution >= 4 is 28.8 Å². The van der Waals surface area contributed by atoms with E-state index in [1.165, 1.54) is 0 Å². The molecule has 0 fully saturated rings. The first-order valence-electron chi connectivity index (χ1n) is 3.91. The molecular formula is C9H8Cl2N2. The summed E-state index contributed by atoms with van der Waals surface area (Å²) in [6, 6.07) is 3.70. The van der Waals surface area contributed by atoms with E-state index in [-0.39, 0.29) is 0 Å². The summed E-state index contributed by atoms with van der Waals surface area (Å²) in [7, 11) is 0. The minimum absolute atomic E-state index is 0.436. The highest BCUT2D eigenvalue weighted by molar-refractivity contribution is 6.30. The number of pyridine rings is 1. The zero-order chi connectivity index (χ0) is 9.42. The first kappa shape index (κ1) is 8.85. The fourth-order valence-electron chi connectivity index (χ4n) is 1.31. The molecule has 0 aliphatic heterocycles. The van der Waals surface area contributed by atoms with Crippen LogP contribution in [-0.4, -0.2) is 9.38 Å². The van der Waals surface area contributed by atoms with E-state index >= 15 is 0 Å². The van der Waals surface area contributed by atoms with Crippen molar-refractivity contribution in [3.63, 3.8) is 0 Å². The van der Waals surface area contributed by atoms with E-state index in [0.29, 0.717) is 10.9 Å². The highest BCUT2D eigenvalue weighted by Crippen LogP contribution is 2.16. The van der Waals surface area contributed by atoms with Crippen LogP contribution >= 0.6 is 23.2 Å². The summed E-state index contributed by atoms with van der Waals surface area (Å²) < 4.78 is 1.94. The van der Waals surface area contributed by atoms with Gasteiger partial charge < -0.3 is 4.40 Å². The summed E-state index contributed by atoms with van der Waals surface area (Å²) in [6.07, 6.45) is 1.84. The molecule has 68 valence electrons. The van der Waals surface area contributed by atoms with Gasteiger partial charge >= 0.3 is 0 Å². The van der Waals surface area contributed by atoms with Crippen molar-refractivity contribution in [3.8, 4) is 0 Å². The maximum absolute atomic E-state index is 5.86. The van der Waals surface area contributed by atoms with Gasteiger partial charge in [0.15, 0.2) is 0 Å². The van der Waals surface area contributed by atoms with Crippen LogP contribution in [0.15, 0.2) is 18.3 Å². The number of nitrogens with zero attached hydrogens (tertiary/aromatic N) is 2. The van der Waals surface area contributed by atoms with Gasteiger partial charge in [-0.2, -0.15) is 0 Å². The number of fused-ring (bicyclic) bond motifs is 1. The van der Waals surface area contributed by atoms with Gasteiger partial charge in [0.05, 0.1) is 16.6 Å². The quantitative estimate of drug-likeness (QED) is 0.668. The van der Waals surface area contributed by atoms with Gasteiger partial charge in [-0.15, -0.1) is 11.6 Å². The van der Waals surface area contributed by atoms with Crippen LogP contribution in [0, 0.1) is 6.92 Å². The molecule has 2 heterocycles. The molecule has 13 heavy (non-hydrogen) atoms. The molecule has 2 aromatic heterocycles. The number of aromatic nitrogens is 2. The molecule has 0 bridgehead atoms. The second-order valence-corrected chi connectivity index (χ2v) is 3.56. The minimum atomic E-state index is 0.436. The number of halogens is 2. The largest absolute Gasteiger partial charge is 0.303 e. The lowest BCUT2D eigenvalue weighted by atomic mass is 10.4. The summed E-state index contributed by atoms with van der Waals surface area (Å²) in [6.45, 7) is 1.98. The van der Waals surface area contributed by atoms with Crippen LogP contribution in [0.4, 0.5) is 0 Å². The van der Waals surface area contributed by atoms with Gasteiger partial charge in [0, 0.05) is 11.9 Å². The molecule has 0 aliphatic rings. The Hall–Kier alpha value is -0.730. The topological polar surface area (TPSA) is 17.3 Å². The van der Waals surface area contributed by atoms with Gasteiger partial charge in [-0.25, -0.2) is 4.98 Å². The number of rotatable bonds is 1. The molecule has 2 rings (SSSR count). The van der Waals surface area contributed by atoms with Crippen LogP contribution in [0.2, 0.25) is 5.02 Å². The predicted molar refractivity (Wildman–Crippen MR) is 54.5 cm³/mol. The van der Waals surface area contributed by atoms with Gasteiger partial charge in [-0.05, 0) is 19.1 Å². The lowest BCUT2D eigenvalue weighted by Gasteiger charge is -1.96. The Balaban J connectivity index is 2.77. The number of imidazole rings is 1. The summed E-state index contributed by atoms with van der Waals surface area (Å²) in [5.74, 6) is 0.436. The zero-order valence-electron chi connectivity index (χ0n) is 7.09. The Morgan fingerprint density at radius 2 is 2.23 bits per heavy atom. The number of hydrogen-bond donors (Lipinski definition) is 0. The zero-order valence-corrected chi connectivity index (χ0v) is 8.60. The van der Waals surface area contributed by atoms with Gasteiger partial charge in [0.25, 0.3) is 0 Å². The van der Waals surface area contributed by atoms with E-state index in [4.69, 9.17) is 23.2 Å². The molecule has 0 atom stereocenters. The minimum Gasteiger partial charge on any atom is -0.303 e. The van der Waals surface area contributed by atoms with Crippen molar-refractivity contribution in [2.24, 2.45) is 0 Å². The Bertz CT molecular complexity index is 448. The van der Waals surface area contributed by atoms with Crippen molar-refractivity contribution in [3.05, 3.63) is 34.7 Å².